The first-order valence-electron chi connectivity index (χ1n) is 9.59. The lowest BCUT2D eigenvalue weighted by Crippen LogP contribution is -2.53. The van der Waals surface area contributed by atoms with Gasteiger partial charge in [0.1, 0.15) is 0 Å². The van der Waals surface area contributed by atoms with Gasteiger partial charge in [-0.2, -0.15) is 14.8 Å². The number of likely N-dealkylation sites (tertiary alicyclic amines) is 1. The molecule has 0 amide bonds. The maximum atomic E-state index is 5.59. The lowest BCUT2D eigenvalue weighted by molar-refractivity contribution is 0.0597. The van der Waals surface area contributed by atoms with Crippen LogP contribution in [0.1, 0.15) is 37.3 Å². The van der Waals surface area contributed by atoms with Crippen LogP contribution in [-0.4, -0.2) is 57.0 Å². The lowest BCUT2D eigenvalue weighted by atomic mass is 9.94. The fraction of sp³-hybridized carbons (Fsp3) is 0.526. The van der Waals surface area contributed by atoms with Crippen LogP contribution in [0.3, 0.4) is 0 Å². The van der Waals surface area contributed by atoms with E-state index in [1.165, 1.54) is 12.8 Å². The summed E-state index contributed by atoms with van der Waals surface area (Å²) >= 11 is 0. The highest BCUT2D eigenvalue weighted by atomic mass is 16.5. The van der Waals surface area contributed by atoms with Crippen LogP contribution in [0.2, 0.25) is 0 Å². The Morgan fingerprint density at radius 1 is 1.19 bits per heavy atom. The molecule has 3 aromatic rings. The summed E-state index contributed by atoms with van der Waals surface area (Å²) in [6.07, 6.45) is 3.35. The fourth-order valence-corrected chi connectivity index (χ4v) is 4.16. The number of para-hydroxylation sites is 1. The predicted octanol–water partition coefficient (Wildman–Crippen LogP) is 2.12. The number of hydrogen-bond acceptors (Lipinski definition) is 6. The Morgan fingerprint density at radius 3 is 2.81 bits per heavy atom. The van der Waals surface area contributed by atoms with Crippen molar-refractivity contribution in [1.29, 1.82) is 0 Å². The molecule has 0 atom stereocenters. The molecule has 7 heteroatoms. The minimum atomic E-state index is 0.346. The molecule has 5 rings (SSSR count). The molecule has 0 spiro atoms. The molecule has 0 radical (unpaired) electrons. The Morgan fingerprint density at radius 2 is 2.00 bits per heavy atom. The number of fused-ring (bicyclic) bond motifs is 1. The molecule has 1 N–H and O–H groups in total. The SMILES string of the molecule is CCc1nn(-c2noc(C3CN(C4CCNCC4)C3)n2)c2ccccc12. The molecule has 7 nitrogen and oxygen atoms in total. The molecule has 136 valence electrons. The van der Waals surface area contributed by atoms with Crippen LogP contribution in [0.25, 0.3) is 16.9 Å². The van der Waals surface area contributed by atoms with Gasteiger partial charge in [0.15, 0.2) is 0 Å². The molecule has 26 heavy (non-hydrogen) atoms. The van der Waals surface area contributed by atoms with E-state index in [1.807, 2.05) is 16.8 Å². The van der Waals surface area contributed by atoms with Gasteiger partial charge >= 0.3 is 0 Å². The maximum absolute atomic E-state index is 5.59. The summed E-state index contributed by atoms with van der Waals surface area (Å²) in [5.41, 5.74) is 2.09. The van der Waals surface area contributed by atoms with Gasteiger partial charge in [0.05, 0.1) is 17.1 Å². The Hall–Kier alpha value is -2.25. The fourth-order valence-electron chi connectivity index (χ4n) is 4.16. The van der Waals surface area contributed by atoms with Crippen molar-refractivity contribution in [3.05, 3.63) is 35.9 Å². The van der Waals surface area contributed by atoms with Crippen molar-refractivity contribution >= 4 is 10.9 Å². The van der Waals surface area contributed by atoms with Crippen molar-refractivity contribution < 1.29 is 4.52 Å². The molecular weight excluding hydrogens is 328 g/mol. The van der Waals surface area contributed by atoms with Gasteiger partial charge in [-0.25, -0.2) is 0 Å². The van der Waals surface area contributed by atoms with Crippen LogP contribution >= 0.6 is 0 Å². The number of piperidine rings is 1. The molecular formula is C19H24N6O. The van der Waals surface area contributed by atoms with Gasteiger partial charge in [-0.15, -0.1) is 0 Å². The predicted molar refractivity (Wildman–Crippen MR) is 98.5 cm³/mol. The Bertz CT molecular complexity index is 904. The largest absolute Gasteiger partial charge is 0.337 e. The molecule has 0 aliphatic carbocycles. The quantitative estimate of drug-likeness (QED) is 0.775. The van der Waals surface area contributed by atoms with E-state index in [9.17, 15) is 0 Å². The number of rotatable bonds is 4. The van der Waals surface area contributed by atoms with Crippen molar-refractivity contribution in [1.82, 2.24) is 30.1 Å². The van der Waals surface area contributed by atoms with Crippen LogP contribution in [0.5, 0.6) is 0 Å². The summed E-state index contributed by atoms with van der Waals surface area (Å²) in [5.74, 6) is 1.62. The highest BCUT2D eigenvalue weighted by Crippen LogP contribution is 2.30. The second-order valence-electron chi connectivity index (χ2n) is 7.29. The van der Waals surface area contributed by atoms with Gasteiger partial charge in [-0.3, -0.25) is 4.90 Å². The zero-order valence-electron chi connectivity index (χ0n) is 15.1. The summed E-state index contributed by atoms with van der Waals surface area (Å²) in [7, 11) is 0. The van der Waals surface area contributed by atoms with Crippen molar-refractivity contribution in [3.8, 4) is 5.95 Å². The van der Waals surface area contributed by atoms with Gasteiger partial charge < -0.3 is 9.84 Å². The first-order valence-corrected chi connectivity index (χ1v) is 9.59. The third-order valence-electron chi connectivity index (χ3n) is 5.70. The molecule has 2 aliphatic rings. The molecule has 0 unspecified atom stereocenters. The number of hydrogen-bond donors (Lipinski definition) is 1. The van der Waals surface area contributed by atoms with Crippen LogP contribution in [0.4, 0.5) is 0 Å². The van der Waals surface area contributed by atoms with Crippen LogP contribution in [0, 0.1) is 0 Å². The molecule has 4 heterocycles. The number of nitrogens with zero attached hydrogens (tertiary/aromatic N) is 5. The Kier molecular flexibility index (Phi) is 3.98. The second kappa shape index (κ2) is 6.48. The molecule has 1 aromatic carbocycles. The van der Waals surface area contributed by atoms with Crippen molar-refractivity contribution in [3.63, 3.8) is 0 Å². The van der Waals surface area contributed by atoms with Gasteiger partial charge in [0.2, 0.25) is 5.89 Å². The number of nitrogens with one attached hydrogen (secondary N) is 1. The van der Waals surface area contributed by atoms with Gasteiger partial charge in [-0.05, 0) is 43.6 Å². The van der Waals surface area contributed by atoms with E-state index in [2.05, 4.69) is 39.4 Å². The van der Waals surface area contributed by atoms with Crippen molar-refractivity contribution in [2.75, 3.05) is 26.2 Å². The van der Waals surface area contributed by atoms with E-state index in [1.54, 1.807) is 0 Å². The van der Waals surface area contributed by atoms with Crippen LogP contribution in [0.15, 0.2) is 28.8 Å². The number of benzene rings is 1. The van der Waals surface area contributed by atoms with Gasteiger partial charge in [0.25, 0.3) is 5.95 Å². The van der Waals surface area contributed by atoms with Crippen molar-refractivity contribution in [2.45, 2.75) is 38.1 Å². The lowest BCUT2D eigenvalue weighted by Gasteiger charge is -2.44. The van der Waals surface area contributed by atoms with Gasteiger partial charge in [0, 0.05) is 24.5 Å². The monoisotopic (exact) mass is 352 g/mol. The van der Waals surface area contributed by atoms with E-state index in [0.717, 1.165) is 55.1 Å². The normalized spacial score (nSPS) is 19.9. The zero-order chi connectivity index (χ0) is 17.5. The molecule has 0 bridgehead atoms. The number of aryl methyl sites for hydroxylation is 1. The summed E-state index contributed by atoms with van der Waals surface area (Å²) in [6, 6.07) is 8.92. The summed E-state index contributed by atoms with van der Waals surface area (Å²) in [4.78, 5) is 7.21. The Labute approximate surface area is 152 Å². The third kappa shape index (κ3) is 2.62. The maximum Gasteiger partial charge on any atom is 0.291 e. The van der Waals surface area contributed by atoms with E-state index in [4.69, 9.17) is 9.62 Å². The summed E-state index contributed by atoms with van der Waals surface area (Å²) in [6.45, 7) is 6.41. The third-order valence-corrected chi connectivity index (χ3v) is 5.70. The van der Waals surface area contributed by atoms with Crippen LogP contribution < -0.4 is 5.32 Å². The highest BCUT2D eigenvalue weighted by molar-refractivity contribution is 5.83. The molecule has 2 aliphatic heterocycles. The summed E-state index contributed by atoms with van der Waals surface area (Å²) in [5, 5.41) is 13.5. The topological polar surface area (TPSA) is 72.0 Å². The summed E-state index contributed by atoms with van der Waals surface area (Å²) < 4.78 is 7.40. The van der Waals surface area contributed by atoms with Gasteiger partial charge in [-0.1, -0.05) is 25.1 Å². The average molecular weight is 352 g/mol. The van der Waals surface area contributed by atoms with E-state index in [-0.39, 0.29) is 0 Å². The first-order chi connectivity index (χ1) is 12.8. The van der Waals surface area contributed by atoms with E-state index in [0.29, 0.717) is 17.9 Å². The number of aromatic nitrogens is 4. The minimum absolute atomic E-state index is 0.346. The molecule has 2 saturated heterocycles. The first kappa shape index (κ1) is 16.0. The Balaban J connectivity index is 1.35. The molecule has 2 fully saturated rings. The second-order valence-corrected chi connectivity index (χ2v) is 7.29. The van der Waals surface area contributed by atoms with E-state index < -0.39 is 0 Å². The van der Waals surface area contributed by atoms with Crippen LogP contribution in [-0.2, 0) is 6.42 Å². The minimum Gasteiger partial charge on any atom is -0.337 e. The van der Waals surface area contributed by atoms with Crippen molar-refractivity contribution in [2.24, 2.45) is 0 Å². The average Bonchev–Trinajstić information content (AvgIpc) is 3.26. The van der Waals surface area contributed by atoms with E-state index >= 15 is 0 Å². The standard InChI is InChI=1S/C19H24N6O/c1-2-16-15-5-3-4-6-17(15)25(22-16)19-21-18(26-23-19)13-11-24(12-13)14-7-9-20-10-8-14/h3-6,13-14,20H,2,7-12H2,1H3. The molecule has 2 aromatic heterocycles. The zero-order valence-corrected chi connectivity index (χ0v) is 15.1. The highest BCUT2D eigenvalue weighted by Gasteiger charge is 2.37. The molecule has 0 saturated carbocycles. The smallest absolute Gasteiger partial charge is 0.291 e.